The first-order chi connectivity index (χ1) is 8.47. The van der Waals surface area contributed by atoms with Crippen LogP contribution >= 0.6 is 0 Å². The molecule has 18 heavy (non-hydrogen) atoms. The highest BCUT2D eigenvalue weighted by Crippen LogP contribution is 2.18. The average molecular weight is 266 g/mol. The second-order valence-electron chi connectivity index (χ2n) is 3.69. The van der Waals surface area contributed by atoms with Crippen LogP contribution in [0.3, 0.4) is 0 Å². The Kier molecular flexibility index (Phi) is 3.20. The summed E-state index contributed by atoms with van der Waals surface area (Å²) in [6, 6.07) is 11.1. The van der Waals surface area contributed by atoms with Gasteiger partial charge in [0.15, 0.2) is 0 Å². The Hall–Kier alpha value is -2.08. The molecule has 2 aromatic carbocycles. The largest absolute Gasteiger partial charge is 0.399 e. The topological polar surface area (TPSA) is 72.2 Å². The van der Waals surface area contributed by atoms with Gasteiger partial charge < -0.3 is 5.73 Å². The molecule has 94 valence electrons. The quantitative estimate of drug-likeness (QED) is 0.837. The van der Waals surface area contributed by atoms with Crippen LogP contribution in [0.15, 0.2) is 53.4 Å². The summed E-state index contributed by atoms with van der Waals surface area (Å²) in [5, 5.41) is 0. The van der Waals surface area contributed by atoms with E-state index in [0.717, 1.165) is 6.07 Å². The highest BCUT2D eigenvalue weighted by molar-refractivity contribution is 7.92. The minimum Gasteiger partial charge on any atom is -0.399 e. The van der Waals surface area contributed by atoms with Gasteiger partial charge in [-0.2, -0.15) is 0 Å². The molecule has 0 amide bonds. The van der Waals surface area contributed by atoms with Crippen molar-refractivity contribution in [2.75, 3.05) is 10.5 Å². The zero-order chi connectivity index (χ0) is 13.2. The molecule has 0 radical (unpaired) electrons. The van der Waals surface area contributed by atoms with Gasteiger partial charge in [0.05, 0.1) is 10.6 Å². The van der Waals surface area contributed by atoms with Crippen LogP contribution in [0.25, 0.3) is 0 Å². The lowest BCUT2D eigenvalue weighted by Gasteiger charge is -2.08. The predicted octanol–water partition coefficient (Wildman–Crippen LogP) is 2.21. The van der Waals surface area contributed by atoms with E-state index in [1.165, 1.54) is 24.3 Å². The van der Waals surface area contributed by atoms with Crippen molar-refractivity contribution < 1.29 is 12.8 Å². The molecule has 2 rings (SSSR count). The lowest BCUT2D eigenvalue weighted by Crippen LogP contribution is -2.13. The van der Waals surface area contributed by atoms with E-state index in [0.29, 0.717) is 11.4 Å². The van der Waals surface area contributed by atoms with Crippen LogP contribution in [0.2, 0.25) is 0 Å². The highest BCUT2D eigenvalue weighted by atomic mass is 32.2. The zero-order valence-corrected chi connectivity index (χ0v) is 10.1. The van der Waals surface area contributed by atoms with Gasteiger partial charge in [0.1, 0.15) is 5.82 Å². The normalized spacial score (nSPS) is 11.2. The van der Waals surface area contributed by atoms with Gasteiger partial charge in [-0.3, -0.25) is 4.72 Å². The number of hydrogen-bond acceptors (Lipinski definition) is 3. The maximum atomic E-state index is 13.0. The Bertz CT molecular complexity index is 671. The third-order valence-corrected chi connectivity index (χ3v) is 3.62. The molecule has 0 heterocycles. The maximum absolute atomic E-state index is 13.0. The second-order valence-corrected chi connectivity index (χ2v) is 5.37. The molecule has 0 aromatic heterocycles. The Balaban J connectivity index is 2.33. The summed E-state index contributed by atoms with van der Waals surface area (Å²) in [7, 11) is -3.80. The summed E-state index contributed by atoms with van der Waals surface area (Å²) in [5.74, 6) is -0.606. The number of hydrogen-bond donors (Lipinski definition) is 2. The molecule has 6 heteroatoms. The highest BCUT2D eigenvalue weighted by Gasteiger charge is 2.14. The minimum absolute atomic E-state index is 0.134. The van der Waals surface area contributed by atoms with Crippen molar-refractivity contribution in [1.82, 2.24) is 0 Å². The Morgan fingerprint density at radius 1 is 1.06 bits per heavy atom. The molecule has 0 atom stereocenters. The van der Waals surface area contributed by atoms with E-state index in [1.54, 1.807) is 18.2 Å². The van der Waals surface area contributed by atoms with Crippen LogP contribution in [0.1, 0.15) is 0 Å². The van der Waals surface area contributed by atoms with E-state index in [1.807, 2.05) is 0 Å². The van der Waals surface area contributed by atoms with Crippen molar-refractivity contribution in [1.29, 1.82) is 0 Å². The lowest BCUT2D eigenvalue weighted by atomic mass is 10.3. The zero-order valence-electron chi connectivity index (χ0n) is 9.30. The first kappa shape index (κ1) is 12.4. The van der Waals surface area contributed by atoms with E-state index >= 15 is 0 Å². The molecule has 3 N–H and O–H groups in total. The van der Waals surface area contributed by atoms with Crippen molar-refractivity contribution in [3.63, 3.8) is 0 Å². The van der Waals surface area contributed by atoms with Crippen LogP contribution in [0.5, 0.6) is 0 Å². The van der Waals surface area contributed by atoms with E-state index in [9.17, 15) is 12.8 Å². The Morgan fingerprint density at radius 2 is 1.78 bits per heavy atom. The van der Waals surface area contributed by atoms with Gasteiger partial charge >= 0.3 is 0 Å². The van der Waals surface area contributed by atoms with Crippen LogP contribution in [-0.4, -0.2) is 8.42 Å². The summed E-state index contributed by atoms with van der Waals surface area (Å²) < 4.78 is 39.2. The summed E-state index contributed by atoms with van der Waals surface area (Å²) in [6.07, 6.45) is 0. The van der Waals surface area contributed by atoms with Crippen molar-refractivity contribution in [3.8, 4) is 0 Å². The Morgan fingerprint density at radius 3 is 2.44 bits per heavy atom. The van der Waals surface area contributed by atoms with Crippen LogP contribution < -0.4 is 10.5 Å². The molecule has 0 aliphatic heterocycles. The van der Waals surface area contributed by atoms with Gasteiger partial charge in [-0.05, 0) is 36.4 Å². The molecule has 0 spiro atoms. The number of anilines is 2. The predicted molar refractivity (Wildman–Crippen MR) is 68.1 cm³/mol. The SMILES string of the molecule is Nc1cccc(NS(=O)(=O)c2cccc(F)c2)c1. The molecule has 0 saturated carbocycles. The van der Waals surface area contributed by atoms with Crippen LogP contribution in [0, 0.1) is 5.82 Å². The number of sulfonamides is 1. The third kappa shape index (κ3) is 2.78. The van der Waals surface area contributed by atoms with Gasteiger partial charge in [-0.1, -0.05) is 12.1 Å². The first-order valence-corrected chi connectivity index (χ1v) is 6.60. The van der Waals surface area contributed by atoms with Crippen molar-refractivity contribution in [2.24, 2.45) is 0 Å². The third-order valence-electron chi connectivity index (χ3n) is 2.25. The summed E-state index contributed by atoms with van der Waals surface area (Å²) in [5.41, 5.74) is 6.32. The number of rotatable bonds is 3. The molecule has 2 aromatic rings. The summed E-state index contributed by atoms with van der Waals surface area (Å²) in [4.78, 5) is -0.134. The number of nitrogens with one attached hydrogen (secondary N) is 1. The van der Waals surface area contributed by atoms with Crippen molar-refractivity contribution >= 4 is 21.4 Å². The van der Waals surface area contributed by atoms with Gasteiger partial charge in [-0.15, -0.1) is 0 Å². The molecule has 0 bridgehead atoms. The molecular formula is C12H11FN2O2S. The summed E-state index contributed by atoms with van der Waals surface area (Å²) >= 11 is 0. The maximum Gasteiger partial charge on any atom is 0.261 e. The first-order valence-electron chi connectivity index (χ1n) is 5.11. The van der Waals surface area contributed by atoms with Crippen molar-refractivity contribution in [3.05, 3.63) is 54.3 Å². The van der Waals surface area contributed by atoms with E-state index < -0.39 is 15.8 Å². The smallest absolute Gasteiger partial charge is 0.261 e. The van der Waals surface area contributed by atoms with Gasteiger partial charge in [0.2, 0.25) is 0 Å². The van der Waals surface area contributed by atoms with Crippen LogP contribution in [0.4, 0.5) is 15.8 Å². The lowest BCUT2D eigenvalue weighted by molar-refractivity contribution is 0.595. The standard InChI is InChI=1S/C12H11FN2O2S/c13-9-3-1-6-12(7-9)18(16,17)15-11-5-2-4-10(14)8-11/h1-8,15H,14H2. The fraction of sp³-hybridized carbons (Fsp3) is 0. The summed E-state index contributed by atoms with van der Waals surface area (Å²) in [6.45, 7) is 0. The monoisotopic (exact) mass is 266 g/mol. The van der Waals surface area contributed by atoms with Gasteiger partial charge in [0.25, 0.3) is 10.0 Å². The second kappa shape index (κ2) is 4.66. The molecular weight excluding hydrogens is 255 g/mol. The van der Waals surface area contributed by atoms with E-state index in [4.69, 9.17) is 5.73 Å². The molecule has 0 saturated heterocycles. The fourth-order valence-corrected chi connectivity index (χ4v) is 2.53. The number of nitrogens with two attached hydrogens (primary N) is 1. The van der Waals surface area contributed by atoms with E-state index in [-0.39, 0.29) is 4.90 Å². The average Bonchev–Trinajstić information content (AvgIpc) is 2.28. The molecule has 0 aliphatic carbocycles. The number of benzene rings is 2. The van der Waals surface area contributed by atoms with Gasteiger partial charge in [0, 0.05) is 5.69 Å². The molecule has 0 unspecified atom stereocenters. The minimum atomic E-state index is -3.80. The fourth-order valence-electron chi connectivity index (χ4n) is 1.45. The number of nitrogen functional groups attached to an aromatic ring is 1. The molecule has 0 aliphatic rings. The van der Waals surface area contributed by atoms with Gasteiger partial charge in [-0.25, -0.2) is 12.8 Å². The van der Waals surface area contributed by atoms with E-state index in [2.05, 4.69) is 4.72 Å². The number of halogens is 1. The molecule has 0 fully saturated rings. The Labute approximate surface area is 104 Å². The van der Waals surface area contributed by atoms with Crippen molar-refractivity contribution in [2.45, 2.75) is 4.90 Å². The molecule has 4 nitrogen and oxygen atoms in total. The van der Waals surface area contributed by atoms with Crippen LogP contribution in [-0.2, 0) is 10.0 Å².